The van der Waals surface area contributed by atoms with Crippen LogP contribution in [0.25, 0.3) is 0 Å². The molecule has 0 bridgehead atoms. The molecule has 0 aromatic rings. The van der Waals surface area contributed by atoms with Gasteiger partial charge < -0.3 is 5.32 Å². The quantitative estimate of drug-likeness (QED) is 0.774. The molecule has 3 nitrogen and oxygen atoms in total. The van der Waals surface area contributed by atoms with Gasteiger partial charge in [0.25, 0.3) is 0 Å². The van der Waals surface area contributed by atoms with E-state index in [1.54, 1.807) is 0 Å². The van der Waals surface area contributed by atoms with Gasteiger partial charge in [0.1, 0.15) is 0 Å². The van der Waals surface area contributed by atoms with Crippen LogP contribution in [0.4, 0.5) is 0 Å². The molecule has 2 rings (SSSR count). The maximum atomic E-state index is 3.55. The van der Waals surface area contributed by atoms with Gasteiger partial charge in [-0.3, -0.25) is 9.80 Å². The summed E-state index contributed by atoms with van der Waals surface area (Å²) in [5.41, 5.74) is 0. The zero-order valence-electron chi connectivity index (χ0n) is 11.1. The average molecular weight is 225 g/mol. The van der Waals surface area contributed by atoms with Crippen molar-refractivity contribution in [2.75, 3.05) is 32.7 Å². The van der Waals surface area contributed by atoms with Crippen molar-refractivity contribution in [3.05, 3.63) is 0 Å². The highest BCUT2D eigenvalue weighted by molar-refractivity contribution is 4.88. The smallest absolute Gasteiger partial charge is 0.0224 e. The summed E-state index contributed by atoms with van der Waals surface area (Å²) in [6.45, 7) is 13.1. The zero-order valence-corrected chi connectivity index (χ0v) is 11.1. The Bertz CT molecular complexity index is 217. The Kier molecular flexibility index (Phi) is 4.22. The molecule has 0 aromatic carbocycles. The second-order valence-corrected chi connectivity index (χ2v) is 5.74. The molecule has 2 atom stereocenters. The summed E-state index contributed by atoms with van der Waals surface area (Å²) in [4.78, 5) is 5.35. The molecule has 0 saturated carbocycles. The molecule has 2 fully saturated rings. The minimum Gasteiger partial charge on any atom is -0.313 e. The van der Waals surface area contributed by atoms with Crippen molar-refractivity contribution in [3.63, 3.8) is 0 Å². The summed E-state index contributed by atoms with van der Waals surface area (Å²) in [7, 11) is 0. The number of fused-ring (bicyclic) bond motifs is 1. The highest BCUT2D eigenvalue weighted by Crippen LogP contribution is 2.22. The molecule has 2 heterocycles. The lowest BCUT2D eigenvalue weighted by Crippen LogP contribution is -2.54. The van der Waals surface area contributed by atoms with Crippen LogP contribution in [0.1, 0.15) is 33.6 Å². The maximum Gasteiger partial charge on any atom is 0.0224 e. The minimum atomic E-state index is 0.607. The molecular weight excluding hydrogens is 198 g/mol. The molecule has 0 aliphatic carbocycles. The molecule has 94 valence electrons. The summed E-state index contributed by atoms with van der Waals surface area (Å²) >= 11 is 0. The van der Waals surface area contributed by atoms with Gasteiger partial charge in [0.2, 0.25) is 0 Å². The highest BCUT2D eigenvalue weighted by atomic mass is 15.3. The number of nitrogens with one attached hydrogen (secondary N) is 1. The lowest BCUT2D eigenvalue weighted by atomic mass is 10.1. The number of nitrogens with zero attached hydrogens (tertiary/aromatic N) is 2. The molecule has 0 aromatic heterocycles. The van der Waals surface area contributed by atoms with Crippen molar-refractivity contribution >= 4 is 0 Å². The summed E-state index contributed by atoms with van der Waals surface area (Å²) in [6.07, 6.45) is 2.83. The molecule has 2 unspecified atom stereocenters. The topological polar surface area (TPSA) is 18.5 Å². The van der Waals surface area contributed by atoms with Gasteiger partial charge in [-0.2, -0.15) is 0 Å². The number of rotatable bonds is 4. The molecule has 2 aliphatic heterocycles. The third-order valence-electron chi connectivity index (χ3n) is 4.06. The van der Waals surface area contributed by atoms with E-state index >= 15 is 0 Å². The van der Waals surface area contributed by atoms with Crippen molar-refractivity contribution in [2.24, 2.45) is 0 Å². The summed E-state index contributed by atoms with van der Waals surface area (Å²) < 4.78 is 0. The Labute approximate surface area is 100 Å². The predicted octanol–water partition coefficient (Wildman–Crippen LogP) is 1.15. The van der Waals surface area contributed by atoms with E-state index in [1.165, 1.54) is 39.0 Å². The first kappa shape index (κ1) is 12.3. The van der Waals surface area contributed by atoms with Gasteiger partial charge in [0.15, 0.2) is 0 Å². The monoisotopic (exact) mass is 225 g/mol. The second-order valence-electron chi connectivity index (χ2n) is 5.74. The average Bonchev–Trinajstić information content (AvgIpc) is 2.72. The van der Waals surface area contributed by atoms with Crippen LogP contribution in [0.3, 0.4) is 0 Å². The second kappa shape index (κ2) is 5.48. The van der Waals surface area contributed by atoms with E-state index in [0.717, 1.165) is 12.6 Å². The van der Waals surface area contributed by atoms with E-state index in [1.807, 2.05) is 0 Å². The van der Waals surface area contributed by atoms with Crippen molar-refractivity contribution in [3.8, 4) is 0 Å². The first-order valence-corrected chi connectivity index (χ1v) is 6.88. The van der Waals surface area contributed by atoms with Crippen molar-refractivity contribution in [2.45, 2.75) is 51.7 Å². The fraction of sp³-hybridized carbons (Fsp3) is 1.00. The Morgan fingerprint density at radius 3 is 2.75 bits per heavy atom. The molecule has 0 radical (unpaired) electrons. The molecular formula is C13H27N3. The molecule has 16 heavy (non-hydrogen) atoms. The summed E-state index contributed by atoms with van der Waals surface area (Å²) in [5.74, 6) is 0. The Morgan fingerprint density at radius 2 is 2.00 bits per heavy atom. The third-order valence-corrected chi connectivity index (χ3v) is 4.06. The summed E-state index contributed by atoms with van der Waals surface area (Å²) in [5, 5.41) is 3.55. The molecule has 2 aliphatic rings. The van der Waals surface area contributed by atoms with Crippen molar-refractivity contribution in [1.29, 1.82) is 0 Å². The largest absolute Gasteiger partial charge is 0.313 e. The van der Waals surface area contributed by atoms with Crippen LogP contribution < -0.4 is 5.32 Å². The van der Waals surface area contributed by atoms with Gasteiger partial charge >= 0.3 is 0 Å². The molecule has 1 N–H and O–H groups in total. The van der Waals surface area contributed by atoms with Gasteiger partial charge in [-0.25, -0.2) is 0 Å². The predicted molar refractivity (Wildman–Crippen MR) is 68.8 cm³/mol. The zero-order chi connectivity index (χ0) is 11.5. The first-order valence-electron chi connectivity index (χ1n) is 6.88. The standard InChI is InChI=1S/C13H27N3/c1-11(2)14-9-12(3)16-8-7-15-6-4-5-13(15)10-16/h11-14H,4-10H2,1-3H3. The van der Waals surface area contributed by atoms with Crippen LogP contribution in [-0.2, 0) is 0 Å². The normalized spacial score (nSPS) is 29.6. The Balaban J connectivity index is 1.77. The third kappa shape index (κ3) is 2.96. The van der Waals surface area contributed by atoms with Gasteiger partial charge in [-0.1, -0.05) is 13.8 Å². The van der Waals surface area contributed by atoms with Crippen LogP contribution in [0.15, 0.2) is 0 Å². The van der Waals surface area contributed by atoms with Crippen LogP contribution in [0.5, 0.6) is 0 Å². The SMILES string of the molecule is CC(C)NCC(C)N1CCN2CCCC2C1. The fourth-order valence-electron chi connectivity index (χ4n) is 2.95. The lowest BCUT2D eigenvalue weighted by Gasteiger charge is -2.40. The van der Waals surface area contributed by atoms with Gasteiger partial charge in [-0.15, -0.1) is 0 Å². The van der Waals surface area contributed by atoms with E-state index in [9.17, 15) is 0 Å². The maximum absolute atomic E-state index is 3.55. The van der Waals surface area contributed by atoms with Gasteiger partial charge in [-0.05, 0) is 26.3 Å². The number of hydrogen-bond acceptors (Lipinski definition) is 3. The highest BCUT2D eigenvalue weighted by Gasteiger charge is 2.31. The van der Waals surface area contributed by atoms with Crippen LogP contribution in [0.2, 0.25) is 0 Å². The fourth-order valence-corrected chi connectivity index (χ4v) is 2.95. The van der Waals surface area contributed by atoms with E-state index in [0.29, 0.717) is 12.1 Å². The van der Waals surface area contributed by atoms with Gasteiger partial charge in [0.05, 0.1) is 0 Å². The number of hydrogen-bond donors (Lipinski definition) is 1. The first-order chi connectivity index (χ1) is 7.66. The van der Waals surface area contributed by atoms with E-state index < -0.39 is 0 Å². The minimum absolute atomic E-state index is 0.607. The van der Waals surface area contributed by atoms with E-state index in [2.05, 4.69) is 35.9 Å². The molecule has 0 spiro atoms. The van der Waals surface area contributed by atoms with E-state index in [-0.39, 0.29) is 0 Å². The summed E-state index contributed by atoms with van der Waals surface area (Å²) in [6, 6.07) is 2.15. The molecule has 0 amide bonds. The van der Waals surface area contributed by atoms with Crippen LogP contribution >= 0.6 is 0 Å². The Morgan fingerprint density at radius 1 is 1.19 bits per heavy atom. The Hall–Kier alpha value is -0.120. The van der Waals surface area contributed by atoms with Crippen LogP contribution in [0, 0.1) is 0 Å². The van der Waals surface area contributed by atoms with Crippen LogP contribution in [-0.4, -0.2) is 60.6 Å². The lowest BCUT2D eigenvalue weighted by molar-refractivity contribution is 0.0763. The number of piperazine rings is 1. The van der Waals surface area contributed by atoms with E-state index in [4.69, 9.17) is 0 Å². The molecule has 2 saturated heterocycles. The van der Waals surface area contributed by atoms with Crippen molar-refractivity contribution in [1.82, 2.24) is 15.1 Å². The van der Waals surface area contributed by atoms with Gasteiger partial charge in [0, 0.05) is 44.3 Å². The van der Waals surface area contributed by atoms with Crippen molar-refractivity contribution < 1.29 is 0 Å². The molecule has 3 heteroatoms.